The number of aryl methyl sites for hydroxylation is 2. The maximum absolute atomic E-state index is 13.6. The zero-order valence-corrected chi connectivity index (χ0v) is 19.0. The van der Waals surface area contributed by atoms with Crippen molar-refractivity contribution in [1.29, 1.82) is 0 Å². The van der Waals surface area contributed by atoms with Crippen LogP contribution in [0.5, 0.6) is 0 Å². The number of carbonyl (C=O) groups excluding carboxylic acids is 1. The first-order valence-electron chi connectivity index (χ1n) is 10.9. The highest BCUT2D eigenvalue weighted by atomic mass is 16.2. The average Bonchev–Trinajstić information content (AvgIpc) is 3.26. The molecule has 0 bridgehead atoms. The van der Waals surface area contributed by atoms with Crippen LogP contribution in [-0.4, -0.2) is 32.2 Å². The van der Waals surface area contributed by atoms with Crippen LogP contribution in [0.1, 0.15) is 39.0 Å². The Balaban J connectivity index is 1.81. The zero-order valence-electron chi connectivity index (χ0n) is 19.0. The minimum absolute atomic E-state index is 0.112. The van der Waals surface area contributed by atoms with Crippen LogP contribution in [0.2, 0.25) is 0 Å². The smallest absolute Gasteiger partial charge is 0.324 e. The third kappa shape index (κ3) is 3.19. The molecule has 5 rings (SSSR count). The van der Waals surface area contributed by atoms with Gasteiger partial charge in [0.1, 0.15) is 11.4 Å². The number of ketones is 1. The van der Waals surface area contributed by atoms with Crippen LogP contribution in [0.3, 0.4) is 0 Å². The topological polar surface area (TPSA) is 76.7 Å². The Morgan fingerprint density at radius 3 is 2.12 bits per heavy atom. The van der Waals surface area contributed by atoms with Crippen molar-refractivity contribution in [2.75, 3.05) is 6.54 Å². The molecule has 33 heavy (non-hydrogen) atoms. The number of nitrogens with zero attached hydrogens (tertiary/aromatic N) is 4. The fraction of sp³-hybridized carbons (Fsp3) is 0.231. The van der Waals surface area contributed by atoms with Gasteiger partial charge in [0.2, 0.25) is 0 Å². The van der Waals surface area contributed by atoms with Crippen LogP contribution in [0.4, 0.5) is 5.82 Å². The first-order valence-corrected chi connectivity index (χ1v) is 10.9. The Morgan fingerprint density at radius 2 is 1.48 bits per heavy atom. The van der Waals surface area contributed by atoms with E-state index in [0.29, 0.717) is 41.2 Å². The molecule has 7 nitrogen and oxygen atoms in total. The minimum atomic E-state index is -0.454. The van der Waals surface area contributed by atoms with Crippen molar-refractivity contribution in [1.82, 2.24) is 14.0 Å². The Bertz CT molecular complexity index is 1490. The molecule has 0 radical (unpaired) electrons. The molecule has 3 heterocycles. The summed E-state index contributed by atoms with van der Waals surface area (Å²) in [5, 5.41) is 0. The lowest BCUT2D eigenvalue weighted by Gasteiger charge is -2.30. The van der Waals surface area contributed by atoms with Crippen LogP contribution >= 0.6 is 0 Å². The highest BCUT2D eigenvalue weighted by Gasteiger charge is 2.38. The maximum Gasteiger partial charge on any atom is 0.332 e. The van der Waals surface area contributed by atoms with Gasteiger partial charge in [0.15, 0.2) is 11.6 Å². The number of aliphatic imine (C=N–C) groups is 1. The standard InChI is InChI=1S/C26H24N4O3/c1-15-5-9-17(10-6-15)22(31)19-13-14-30-21(19)20-24(28(3)26(33)29(4)25(20)32)27-23(30)18-11-7-16(2)8-12-18/h5-12H,13-14H2,1-4H3. The van der Waals surface area contributed by atoms with Gasteiger partial charge in [0.25, 0.3) is 5.56 Å². The highest BCUT2D eigenvalue weighted by molar-refractivity contribution is 6.18. The van der Waals surface area contributed by atoms with Crippen LogP contribution in [0.25, 0.3) is 5.70 Å². The molecule has 0 unspecified atom stereocenters. The van der Waals surface area contributed by atoms with E-state index >= 15 is 0 Å². The van der Waals surface area contributed by atoms with E-state index in [4.69, 9.17) is 4.99 Å². The maximum atomic E-state index is 13.6. The molecule has 2 aliphatic rings. The Labute approximate surface area is 190 Å². The van der Waals surface area contributed by atoms with E-state index in [1.807, 2.05) is 67.3 Å². The molecule has 7 heteroatoms. The van der Waals surface area contributed by atoms with Crippen molar-refractivity contribution in [2.24, 2.45) is 19.1 Å². The van der Waals surface area contributed by atoms with Crippen molar-refractivity contribution >= 4 is 23.1 Å². The Hall–Kier alpha value is -4.00. The number of hydrogen-bond donors (Lipinski definition) is 0. The number of Topliss-reactive ketones (excluding diaryl/α,β-unsaturated/α-hetero) is 1. The largest absolute Gasteiger partial charge is 0.332 e. The second kappa shape index (κ2) is 7.55. The van der Waals surface area contributed by atoms with Crippen molar-refractivity contribution in [3.8, 4) is 0 Å². The molecular formula is C26H24N4O3. The van der Waals surface area contributed by atoms with Gasteiger partial charge in [-0.1, -0.05) is 59.7 Å². The third-order valence-electron chi connectivity index (χ3n) is 6.38. The third-order valence-corrected chi connectivity index (χ3v) is 6.38. The van der Waals surface area contributed by atoms with Crippen molar-refractivity contribution in [3.63, 3.8) is 0 Å². The summed E-state index contributed by atoms with van der Waals surface area (Å²) >= 11 is 0. The fourth-order valence-electron chi connectivity index (χ4n) is 4.47. The summed E-state index contributed by atoms with van der Waals surface area (Å²) in [6.45, 7) is 4.51. The number of amidine groups is 1. The van der Waals surface area contributed by atoms with Crippen molar-refractivity contribution < 1.29 is 4.79 Å². The summed E-state index contributed by atoms with van der Waals surface area (Å²) in [5.74, 6) is 0.799. The molecule has 0 saturated heterocycles. The number of aromatic nitrogens is 2. The summed E-state index contributed by atoms with van der Waals surface area (Å²) in [7, 11) is 3.05. The zero-order chi connectivity index (χ0) is 23.4. The summed E-state index contributed by atoms with van der Waals surface area (Å²) in [6.07, 6.45) is 0.484. The predicted molar refractivity (Wildman–Crippen MR) is 128 cm³/mol. The van der Waals surface area contributed by atoms with Gasteiger partial charge < -0.3 is 4.90 Å². The molecule has 0 spiro atoms. The second-order valence-corrected chi connectivity index (χ2v) is 8.63. The molecule has 3 aromatic rings. The molecule has 0 aliphatic carbocycles. The lowest BCUT2D eigenvalue weighted by molar-refractivity contribution is 0.103. The number of fused-ring (bicyclic) bond motifs is 3. The predicted octanol–water partition coefficient (Wildman–Crippen LogP) is 3.09. The SMILES string of the molecule is Cc1ccc(C(=O)C2=C3c4c(n(C)c(=O)n(C)c4=O)N=C(c4ccc(C)cc4)N3CC2)cc1. The van der Waals surface area contributed by atoms with Gasteiger partial charge in [0, 0.05) is 37.3 Å². The molecule has 2 aliphatic heterocycles. The van der Waals surface area contributed by atoms with Gasteiger partial charge in [-0.15, -0.1) is 0 Å². The lowest BCUT2D eigenvalue weighted by Crippen LogP contribution is -2.42. The summed E-state index contributed by atoms with van der Waals surface area (Å²) in [6, 6.07) is 15.4. The van der Waals surface area contributed by atoms with E-state index in [0.717, 1.165) is 21.3 Å². The average molecular weight is 441 g/mol. The Morgan fingerprint density at radius 1 is 0.879 bits per heavy atom. The normalized spacial score (nSPS) is 14.8. The van der Waals surface area contributed by atoms with Crippen molar-refractivity contribution in [3.05, 3.63) is 103 Å². The quantitative estimate of drug-likeness (QED) is 0.587. The van der Waals surface area contributed by atoms with Crippen LogP contribution in [0, 0.1) is 13.8 Å². The summed E-state index contributed by atoms with van der Waals surface area (Å²) in [4.78, 5) is 46.2. The second-order valence-electron chi connectivity index (χ2n) is 8.63. The Kier molecular flexibility index (Phi) is 4.78. The number of rotatable bonds is 3. The van der Waals surface area contributed by atoms with E-state index in [1.54, 1.807) is 7.05 Å². The summed E-state index contributed by atoms with van der Waals surface area (Å²) < 4.78 is 2.45. The fourth-order valence-corrected chi connectivity index (χ4v) is 4.47. The number of hydrogen-bond acceptors (Lipinski definition) is 5. The molecule has 0 N–H and O–H groups in total. The molecule has 166 valence electrons. The first-order chi connectivity index (χ1) is 15.8. The molecule has 0 atom stereocenters. The van der Waals surface area contributed by atoms with Gasteiger partial charge in [-0.25, -0.2) is 9.79 Å². The number of benzene rings is 2. The molecule has 1 aromatic heterocycles. The van der Waals surface area contributed by atoms with E-state index < -0.39 is 11.2 Å². The van der Waals surface area contributed by atoms with Gasteiger partial charge in [0.05, 0.1) is 5.70 Å². The molecule has 0 amide bonds. The van der Waals surface area contributed by atoms with Gasteiger partial charge in [-0.2, -0.15) is 0 Å². The minimum Gasteiger partial charge on any atom is -0.324 e. The monoisotopic (exact) mass is 440 g/mol. The lowest BCUT2D eigenvalue weighted by atomic mass is 9.97. The van der Waals surface area contributed by atoms with Gasteiger partial charge in [-0.05, 0) is 20.3 Å². The van der Waals surface area contributed by atoms with Crippen LogP contribution < -0.4 is 11.2 Å². The van der Waals surface area contributed by atoms with E-state index in [1.165, 1.54) is 11.6 Å². The number of carbonyl (C=O) groups is 1. The van der Waals surface area contributed by atoms with E-state index in [-0.39, 0.29) is 11.6 Å². The summed E-state index contributed by atoms with van der Waals surface area (Å²) in [5.41, 5.74) is 4.13. The molecule has 2 aromatic carbocycles. The van der Waals surface area contributed by atoms with E-state index in [9.17, 15) is 14.4 Å². The van der Waals surface area contributed by atoms with Crippen LogP contribution in [-0.2, 0) is 14.1 Å². The van der Waals surface area contributed by atoms with Gasteiger partial charge >= 0.3 is 5.69 Å². The molecular weight excluding hydrogens is 416 g/mol. The van der Waals surface area contributed by atoms with Crippen LogP contribution in [0.15, 0.2) is 68.7 Å². The van der Waals surface area contributed by atoms with Crippen molar-refractivity contribution in [2.45, 2.75) is 20.3 Å². The molecule has 0 saturated carbocycles. The van der Waals surface area contributed by atoms with E-state index in [2.05, 4.69) is 0 Å². The molecule has 0 fully saturated rings. The van der Waals surface area contributed by atoms with Gasteiger partial charge in [-0.3, -0.25) is 18.7 Å². The highest BCUT2D eigenvalue weighted by Crippen LogP contribution is 2.40. The first kappa shape index (κ1) is 20.9.